The van der Waals surface area contributed by atoms with Gasteiger partial charge in [-0.2, -0.15) is 0 Å². The first-order chi connectivity index (χ1) is 15.4. The lowest BCUT2D eigenvalue weighted by atomic mass is 10.2. The molecule has 0 aliphatic rings. The predicted octanol–water partition coefficient (Wildman–Crippen LogP) is 5.36. The quantitative estimate of drug-likeness (QED) is 0.425. The Balaban J connectivity index is 1.98. The Morgan fingerprint density at radius 1 is 0.781 bits per heavy atom. The van der Waals surface area contributed by atoms with E-state index in [0.717, 1.165) is 27.5 Å². The third-order valence-electron chi connectivity index (χ3n) is 4.90. The number of hydrogen-bond donors (Lipinski definition) is 2. The second-order valence-corrected chi connectivity index (χ2v) is 9.28. The molecule has 1 unspecified atom stereocenters. The van der Waals surface area contributed by atoms with E-state index in [9.17, 15) is 15.0 Å². The van der Waals surface area contributed by atoms with Gasteiger partial charge < -0.3 is 19.7 Å². The summed E-state index contributed by atoms with van der Waals surface area (Å²) in [5, 5.41) is 20.1. The van der Waals surface area contributed by atoms with Crippen LogP contribution in [0.5, 0.6) is 11.5 Å². The Hall–Kier alpha value is -3.13. The molecular formula is C25H27NO5S. The fraction of sp³-hybridized carbons (Fsp3) is 0.200. The molecule has 0 saturated heterocycles. The topological polar surface area (TPSA) is 79.2 Å². The van der Waals surface area contributed by atoms with E-state index in [-0.39, 0.29) is 10.6 Å². The van der Waals surface area contributed by atoms with Crippen molar-refractivity contribution in [3.8, 4) is 11.5 Å². The molecule has 0 heterocycles. The zero-order chi connectivity index (χ0) is 23.1. The molecule has 3 aromatic carbocycles. The Labute approximate surface area is 190 Å². The van der Waals surface area contributed by atoms with Gasteiger partial charge in [-0.3, -0.25) is 0 Å². The van der Waals surface area contributed by atoms with Crippen molar-refractivity contribution in [1.29, 1.82) is 0 Å². The molecule has 0 amide bonds. The average Bonchev–Trinajstić information content (AvgIpc) is 2.80. The lowest BCUT2D eigenvalue weighted by Gasteiger charge is -2.28. The lowest BCUT2D eigenvalue weighted by molar-refractivity contribution is 0.0697. The van der Waals surface area contributed by atoms with Crippen molar-refractivity contribution in [3.05, 3.63) is 89.5 Å². The zero-order valence-corrected chi connectivity index (χ0v) is 19.1. The Morgan fingerprint density at radius 2 is 1.22 bits per heavy atom. The van der Waals surface area contributed by atoms with Gasteiger partial charge in [0.15, 0.2) is 0 Å². The summed E-state index contributed by atoms with van der Waals surface area (Å²) < 4.78 is 12.7. The monoisotopic (exact) mass is 453 g/mol. The highest BCUT2D eigenvalue weighted by Gasteiger charge is 2.17. The first-order valence-corrected chi connectivity index (χ1v) is 11.2. The van der Waals surface area contributed by atoms with Crippen LogP contribution in [0.25, 0.3) is 0 Å². The van der Waals surface area contributed by atoms with Crippen LogP contribution in [0, 0.1) is 0 Å². The van der Waals surface area contributed by atoms with Crippen LogP contribution in [-0.2, 0) is 13.1 Å². The molecule has 0 saturated carbocycles. The molecule has 0 aromatic heterocycles. The van der Waals surface area contributed by atoms with E-state index in [0.29, 0.717) is 13.1 Å². The van der Waals surface area contributed by atoms with Crippen molar-refractivity contribution in [2.75, 3.05) is 14.2 Å². The van der Waals surface area contributed by atoms with Crippen molar-refractivity contribution < 1.29 is 24.5 Å². The summed E-state index contributed by atoms with van der Waals surface area (Å²) in [6, 6.07) is 22.3. The number of hydrogen-bond acceptors (Lipinski definition) is 4. The largest absolute Gasteiger partial charge is 0.497 e. The number of aliphatic hydroxyl groups excluding tert-OH is 1. The molecule has 3 rings (SSSR count). The second-order valence-electron chi connectivity index (χ2n) is 7.13. The average molecular weight is 454 g/mol. The van der Waals surface area contributed by atoms with E-state index in [4.69, 9.17) is 9.47 Å². The summed E-state index contributed by atoms with van der Waals surface area (Å²) in [4.78, 5) is 12.1. The third kappa shape index (κ3) is 5.97. The number of methoxy groups -OCH3 is 2. The number of rotatable bonds is 9. The van der Waals surface area contributed by atoms with E-state index < -0.39 is 16.6 Å². The minimum atomic E-state index is -0.977. The van der Waals surface area contributed by atoms with Crippen molar-refractivity contribution in [3.63, 3.8) is 0 Å². The number of nitrogens with zero attached hydrogens (tertiary/aromatic N) is 1. The van der Waals surface area contributed by atoms with Crippen LogP contribution in [0.1, 0.15) is 28.4 Å². The molecule has 0 fully saturated rings. The number of carboxylic acid groups (broad SMARTS) is 1. The molecule has 0 aliphatic carbocycles. The maximum absolute atomic E-state index is 11.3. The summed E-state index contributed by atoms with van der Waals surface area (Å²) >= 11 is 0. The number of aliphatic hydroxyl groups is 1. The highest BCUT2D eigenvalue weighted by Crippen LogP contribution is 2.35. The van der Waals surface area contributed by atoms with Crippen LogP contribution in [0.4, 0.5) is 0 Å². The van der Waals surface area contributed by atoms with Gasteiger partial charge in [-0.15, -0.1) is 0 Å². The number of benzene rings is 3. The molecular weight excluding hydrogens is 426 g/mol. The van der Waals surface area contributed by atoms with Gasteiger partial charge in [-0.05, 0) is 66.6 Å². The maximum Gasteiger partial charge on any atom is 0.335 e. The van der Waals surface area contributed by atoms with Crippen LogP contribution in [-0.4, -0.2) is 39.8 Å². The Bertz CT molecular complexity index is 1020. The molecule has 0 spiro atoms. The van der Waals surface area contributed by atoms with E-state index in [1.165, 1.54) is 0 Å². The van der Waals surface area contributed by atoms with Crippen LogP contribution in [0.3, 0.4) is 0 Å². The first kappa shape index (κ1) is 23.5. The van der Waals surface area contributed by atoms with Crippen LogP contribution >= 0.6 is 10.7 Å². The van der Waals surface area contributed by atoms with Gasteiger partial charge in [0.05, 0.1) is 24.8 Å². The number of aromatic carboxylic acids is 1. The normalized spacial score (nSPS) is 12.3. The zero-order valence-electron chi connectivity index (χ0n) is 18.3. The fourth-order valence-electron chi connectivity index (χ4n) is 3.29. The predicted molar refractivity (Wildman–Crippen MR) is 128 cm³/mol. The SMILES string of the molecule is COc1ccc(CN(Cc2ccc(OC)cc2)/S(=C(/C)O)c2ccc(C(=O)O)cc2)cc1. The molecule has 0 bridgehead atoms. The van der Waals surface area contributed by atoms with E-state index in [1.807, 2.05) is 48.5 Å². The minimum absolute atomic E-state index is 0.213. The van der Waals surface area contributed by atoms with Gasteiger partial charge in [-0.1, -0.05) is 34.9 Å². The molecule has 32 heavy (non-hydrogen) atoms. The minimum Gasteiger partial charge on any atom is -0.497 e. The van der Waals surface area contributed by atoms with E-state index >= 15 is 0 Å². The Morgan fingerprint density at radius 3 is 1.56 bits per heavy atom. The van der Waals surface area contributed by atoms with Gasteiger partial charge in [0, 0.05) is 18.0 Å². The molecule has 3 aromatic rings. The number of carboxylic acids is 1. The molecule has 7 heteroatoms. The van der Waals surface area contributed by atoms with Crippen molar-refractivity contribution in [2.45, 2.75) is 24.9 Å². The van der Waals surface area contributed by atoms with Crippen molar-refractivity contribution in [2.24, 2.45) is 0 Å². The van der Waals surface area contributed by atoms with Crippen LogP contribution in [0.2, 0.25) is 0 Å². The molecule has 168 valence electrons. The molecule has 0 aliphatic heterocycles. The van der Waals surface area contributed by atoms with Gasteiger partial charge in [0.25, 0.3) is 0 Å². The fourth-order valence-corrected chi connectivity index (χ4v) is 5.25. The van der Waals surface area contributed by atoms with Crippen molar-refractivity contribution in [1.82, 2.24) is 4.31 Å². The van der Waals surface area contributed by atoms with Crippen LogP contribution < -0.4 is 9.47 Å². The smallest absolute Gasteiger partial charge is 0.335 e. The highest BCUT2D eigenvalue weighted by atomic mass is 32.2. The van der Waals surface area contributed by atoms with E-state index in [1.54, 1.807) is 45.4 Å². The third-order valence-corrected chi connectivity index (χ3v) is 6.95. The maximum atomic E-state index is 11.3. The summed E-state index contributed by atoms with van der Waals surface area (Å²) in [6.07, 6.45) is 0. The second kappa shape index (κ2) is 10.9. The molecule has 1 atom stereocenters. The standard InChI is InChI=1S/C25H27NO5S/c1-18(27)32(24-14-8-21(9-15-24)25(28)29)26(16-19-4-10-22(30-2)11-5-19)17-20-6-12-23(31-3)13-7-20/h4-15,27H,16-17H2,1-3H3,(H,28,29). The number of carbonyl (C=O) groups is 1. The first-order valence-electron chi connectivity index (χ1n) is 10.0. The summed E-state index contributed by atoms with van der Waals surface area (Å²) in [7, 11) is 2.50. The molecule has 2 N–H and O–H groups in total. The number of ether oxygens (including phenoxy) is 2. The van der Waals surface area contributed by atoms with Gasteiger partial charge >= 0.3 is 5.97 Å². The van der Waals surface area contributed by atoms with Gasteiger partial charge in [0.2, 0.25) is 0 Å². The van der Waals surface area contributed by atoms with Crippen LogP contribution in [0.15, 0.2) is 77.7 Å². The highest BCUT2D eigenvalue weighted by molar-refractivity contribution is 8.13. The van der Waals surface area contributed by atoms with Gasteiger partial charge in [-0.25, -0.2) is 9.10 Å². The summed E-state index contributed by atoms with van der Waals surface area (Å²) in [5.74, 6) is 0.585. The van der Waals surface area contributed by atoms with Crippen molar-refractivity contribution >= 4 is 21.7 Å². The van der Waals surface area contributed by atoms with E-state index in [2.05, 4.69) is 4.31 Å². The lowest BCUT2D eigenvalue weighted by Crippen LogP contribution is -2.19. The summed E-state index contributed by atoms with van der Waals surface area (Å²) in [6.45, 7) is 2.85. The summed E-state index contributed by atoms with van der Waals surface area (Å²) in [5.41, 5.74) is 2.35. The molecule has 6 nitrogen and oxygen atoms in total. The van der Waals surface area contributed by atoms with Gasteiger partial charge in [0.1, 0.15) is 11.5 Å². The Kier molecular flexibility index (Phi) is 8.05. The molecule has 0 radical (unpaired) electrons.